The van der Waals surface area contributed by atoms with Crippen molar-refractivity contribution in [2.75, 3.05) is 13.2 Å². The van der Waals surface area contributed by atoms with Crippen LogP contribution in [0.15, 0.2) is 72.9 Å². The molecule has 51 heavy (non-hydrogen) atoms. The zero-order valence-electron chi connectivity index (χ0n) is 29.9. The Morgan fingerprint density at radius 2 is 1.10 bits per heavy atom. The van der Waals surface area contributed by atoms with Crippen molar-refractivity contribution in [3.05, 3.63) is 72.9 Å². The first-order chi connectivity index (χ1) is 24.4. The van der Waals surface area contributed by atoms with E-state index in [0.29, 0.717) is 19.3 Å². The van der Waals surface area contributed by atoms with E-state index in [9.17, 15) is 44.6 Å². The van der Waals surface area contributed by atoms with Crippen LogP contribution in [-0.2, 0) is 32.7 Å². The van der Waals surface area contributed by atoms with E-state index in [1.165, 1.54) is 0 Å². The Kier molecular flexibility index (Phi) is 25.3. The summed E-state index contributed by atoms with van der Waals surface area (Å²) in [6, 6.07) is 0. The smallest absolute Gasteiger partial charge is 0.462 e. The van der Waals surface area contributed by atoms with E-state index in [-0.39, 0.29) is 12.8 Å². The van der Waals surface area contributed by atoms with Crippen molar-refractivity contribution in [2.45, 2.75) is 134 Å². The summed E-state index contributed by atoms with van der Waals surface area (Å²) in [4.78, 5) is 34.9. The summed E-state index contributed by atoms with van der Waals surface area (Å²) in [7, 11) is -5.12. The summed E-state index contributed by atoms with van der Waals surface area (Å²) < 4.78 is 32.8. The highest BCUT2D eigenvalue weighted by molar-refractivity contribution is 7.47. The summed E-state index contributed by atoms with van der Waals surface area (Å²) in [6.45, 7) is 2.85. The number of unbranched alkanes of at least 4 members (excludes halogenated alkanes) is 2. The Morgan fingerprint density at radius 1 is 0.627 bits per heavy atom. The van der Waals surface area contributed by atoms with Gasteiger partial charge in [0.15, 0.2) is 6.10 Å². The highest BCUT2D eigenvalue weighted by Gasteiger charge is 2.51. The lowest BCUT2D eigenvalue weighted by Gasteiger charge is -2.41. The van der Waals surface area contributed by atoms with Gasteiger partial charge in [-0.2, -0.15) is 0 Å². The molecule has 0 aromatic heterocycles. The van der Waals surface area contributed by atoms with Crippen LogP contribution >= 0.6 is 7.82 Å². The van der Waals surface area contributed by atoms with Crippen LogP contribution in [-0.4, -0.2) is 98.3 Å². The molecule has 1 fully saturated rings. The molecule has 6 unspecified atom stereocenters. The van der Waals surface area contributed by atoms with Gasteiger partial charge < -0.3 is 39.9 Å². The van der Waals surface area contributed by atoms with Gasteiger partial charge in [0.05, 0.1) is 6.61 Å². The summed E-state index contributed by atoms with van der Waals surface area (Å²) in [5.74, 6) is -1.24. The van der Waals surface area contributed by atoms with Gasteiger partial charge in [-0.05, 0) is 51.4 Å². The summed E-state index contributed by atoms with van der Waals surface area (Å²) >= 11 is 0. The van der Waals surface area contributed by atoms with Gasteiger partial charge in [0.25, 0.3) is 0 Å². The number of esters is 2. The average molecular weight is 743 g/mol. The molecule has 0 bridgehead atoms. The zero-order chi connectivity index (χ0) is 37.9. The number of carbonyl (C=O) groups excluding carboxylic acids is 2. The molecule has 13 nitrogen and oxygen atoms in total. The van der Waals surface area contributed by atoms with Crippen molar-refractivity contribution < 1.29 is 63.1 Å². The van der Waals surface area contributed by atoms with E-state index in [2.05, 4.69) is 55.5 Å². The van der Waals surface area contributed by atoms with Crippen LogP contribution in [0.3, 0.4) is 0 Å². The van der Waals surface area contributed by atoms with Crippen LogP contribution in [0.5, 0.6) is 0 Å². The van der Waals surface area contributed by atoms with Crippen molar-refractivity contribution >= 4 is 19.8 Å². The maximum absolute atomic E-state index is 12.6. The molecule has 1 saturated carbocycles. The van der Waals surface area contributed by atoms with Gasteiger partial charge in [-0.1, -0.05) is 99.6 Å². The van der Waals surface area contributed by atoms with Gasteiger partial charge >= 0.3 is 19.8 Å². The van der Waals surface area contributed by atoms with E-state index >= 15 is 0 Å². The Hall–Kier alpha value is -2.71. The molecule has 0 radical (unpaired) electrons. The SMILES string of the molecule is CC/C=C\C/C=C\C/C=C\C/C=C\C/C=C\C/C=C\CCC(=O)OC(COC(=O)CCCCC)COP(=O)(O)OC1C(O)C(O)C(O)C(O)C1O. The number of hydrogen-bond donors (Lipinski definition) is 6. The monoisotopic (exact) mass is 742 g/mol. The predicted octanol–water partition coefficient (Wildman–Crippen LogP) is 4.82. The Bertz CT molecular complexity index is 1180. The third-order valence-electron chi connectivity index (χ3n) is 7.58. The summed E-state index contributed by atoms with van der Waals surface area (Å²) in [6.07, 6.45) is 19.7. The molecule has 0 heterocycles. The third kappa shape index (κ3) is 21.4. The first-order valence-corrected chi connectivity index (χ1v) is 19.2. The molecular weight excluding hydrogens is 683 g/mol. The first-order valence-electron chi connectivity index (χ1n) is 17.7. The minimum atomic E-state index is -5.12. The first kappa shape index (κ1) is 46.3. The predicted molar refractivity (Wildman–Crippen MR) is 193 cm³/mol. The number of ether oxygens (including phenoxy) is 2. The molecule has 14 heteroatoms. The molecule has 0 amide bonds. The molecule has 1 rings (SSSR count). The van der Waals surface area contributed by atoms with Crippen LogP contribution in [0.1, 0.15) is 90.9 Å². The van der Waals surface area contributed by atoms with E-state index in [0.717, 1.165) is 44.9 Å². The van der Waals surface area contributed by atoms with E-state index in [1.807, 2.05) is 31.2 Å². The number of hydrogen-bond acceptors (Lipinski definition) is 12. The quantitative estimate of drug-likeness (QED) is 0.0304. The number of carbonyl (C=O) groups is 2. The topological polar surface area (TPSA) is 210 Å². The Balaban J connectivity index is 2.52. The number of aliphatic hydroxyl groups is 5. The summed E-state index contributed by atoms with van der Waals surface area (Å²) in [5.41, 5.74) is 0. The van der Waals surface area contributed by atoms with Crippen LogP contribution in [0.25, 0.3) is 0 Å². The molecule has 0 aromatic carbocycles. The van der Waals surface area contributed by atoms with Gasteiger partial charge in [0, 0.05) is 12.8 Å². The molecule has 0 saturated heterocycles. The molecule has 1 aliphatic rings. The highest BCUT2D eigenvalue weighted by Crippen LogP contribution is 2.47. The number of phosphoric ester groups is 1. The number of aliphatic hydroxyl groups excluding tert-OH is 5. The summed E-state index contributed by atoms with van der Waals surface area (Å²) in [5, 5.41) is 49.6. The van der Waals surface area contributed by atoms with Crippen molar-refractivity contribution in [1.82, 2.24) is 0 Å². The maximum atomic E-state index is 12.6. The Labute approximate surface area is 302 Å². The normalized spacial score (nSPS) is 24.8. The molecule has 0 aromatic rings. The fourth-order valence-electron chi connectivity index (χ4n) is 4.66. The zero-order valence-corrected chi connectivity index (χ0v) is 30.8. The van der Waals surface area contributed by atoms with Crippen molar-refractivity contribution in [1.29, 1.82) is 0 Å². The number of phosphoric acid groups is 1. The van der Waals surface area contributed by atoms with Gasteiger partial charge in [-0.25, -0.2) is 4.57 Å². The second-order valence-corrected chi connectivity index (χ2v) is 13.4. The number of allylic oxidation sites excluding steroid dienone is 12. The lowest BCUT2D eigenvalue weighted by molar-refractivity contribution is -0.220. The van der Waals surface area contributed by atoms with E-state index in [1.54, 1.807) is 0 Å². The Morgan fingerprint density at radius 3 is 1.59 bits per heavy atom. The van der Waals surface area contributed by atoms with Crippen LogP contribution in [0, 0.1) is 0 Å². The van der Waals surface area contributed by atoms with Gasteiger partial charge in [0.1, 0.15) is 43.2 Å². The standard InChI is InChI=1S/C37H59O13P/c1-3-5-7-8-9-10-11-12-13-14-15-16-17-18-19-20-21-22-24-26-31(39)49-29(27-47-30(38)25-23-6-4-2)28-48-51(45,46)50-37-35(43)33(41)32(40)34(42)36(37)44/h5,7,9-10,12-13,15-16,18-19,21-22,29,32-37,40-44H,3-4,6,8,11,14,17,20,23-28H2,1-2H3,(H,45,46)/b7-5-,10-9-,13-12-,16-15-,19-18-,22-21-. The van der Waals surface area contributed by atoms with Crippen LogP contribution < -0.4 is 0 Å². The van der Waals surface area contributed by atoms with Crippen LogP contribution in [0.4, 0.5) is 0 Å². The molecule has 0 aliphatic heterocycles. The molecule has 1 aliphatic carbocycles. The molecular formula is C37H59O13P. The molecule has 6 atom stereocenters. The second-order valence-electron chi connectivity index (χ2n) is 12.0. The van der Waals surface area contributed by atoms with Gasteiger partial charge in [-0.15, -0.1) is 0 Å². The minimum absolute atomic E-state index is 0.0328. The van der Waals surface area contributed by atoms with Crippen molar-refractivity contribution in [2.24, 2.45) is 0 Å². The molecule has 290 valence electrons. The van der Waals surface area contributed by atoms with E-state index < -0.39 is 75.7 Å². The highest BCUT2D eigenvalue weighted by atomic mass is 31.2. The fourth-order valence-corrected chi connectivity index (χ4v) is 5.63. The largest absolute Gasteiger partial charge is 0.472 e. The average Bonchev–Trinajstić information content (AvgIpc) is 3.10. The molecule has 6 N–H and O–H groups in total. The molecule has 0 spiro atoms. The van der Waals surface area contributed by atoms with Gasteiger partial charge in [0.2, 0.25) is 0 Å². The fraction of sp³-hybridized carbons (Fsp3) is 0.622. The second kappa shape index (κ2) is 27.9. The minimum Gasteiger partial charge on any atom is -0.462 e. The van der Waals surface area contributed by atoms with E-state index in [4.69, 9.17) is 18.5 Å². The maximum Gasteiger partial charge on any atom is 0.472 e. The lowest BCUT2D eigenvalue weighted by Crippen LogP contribution is -2.64. The number of rotatable bonds is 26. The van der Waals surface area contributed by atoms with Crippen molar-refractivity contribution in [3.63, 3.8) is 0 Å². The third-order valence-corrected chi connectivity index (χ3v) is 8.56. The lowest BCUT2D eigenvalue weighted by atomic mass is 9.85. The van der Waals surface area contributed by atoms with Crippen molar-refractivity contribution in [3.8, 4) is 0 Å². The van der Waals surface area contributed by atoms with Crippen LogP contribution in [0.2, 0.25) is 0 Å². The van der Waals surface area contributed by atoms with Gasteiger partial charge in [-0.3, -0.25) is 18.6 Å².